The Morgan fingerprint density at radius 1 is 1.33 bits per heavy atom. The lowest BCUT2D eigenvalue weighted by atomic mass is 10.2. The van der Waals surface area contributed by atoms with E-state index in [9.17, 15) is 8.78 Å². The summed E-state index contributed by atoms with van der Waals surface area (Å²) in [5.74, 6) is -1.06. The van der Waals surface area contributed by atoms with Gasteiger partial charge in [-0.15, -0.1) is 0 Å². The fraction of sp³-hybridized carbons (Fsp3) is 0.250. The lowest BCUT2D eigenvalue weighted by Gasteiger charge is -2.03. The Kier molecular flexibility index (Phi) is 2.60. The van der Waals surface area contributed by atoms with Crippen LogP contribution in [0, 0.1) is 11.6 Å². The molecule has 3 N–H and O–H groups in total. The molecule has 1 rings (SSSR count). The van der Waals surface area contributed by atoms with E-state index in [1.54, 1.807) is 7.05 Å². The maximum Gasteiger partial charge on any atom is 0.146 e. The van der Waals surface area contributed by atoms with Crippen LogP contribution in [-0.2, 0) is 6.54 Å². The molecule has 0 aliphatic carbocycles. The smallest absolute Gasteiger partial charge is 0.146 e. The number of benzene rings is 1. The van der Waals surface area contributed by atoms with Gasteiger partial charge in [0.15, 0.2) is 0 Å². The zero-order chi connectivity index (χ0) is 9.14. The molecule has 12 heavy (non-hydrogen) atoms. The molecule has 66 valence electrons. The minimum absolute atomic E-state index is 0.160. The average Bonchev–Trinajstić information content (AvgIpc) is 2.01. The van der Waals surface area contributed by atoms with E-state index in [0.29, 0.717) is 6.54 Å². The van der Waals surface area contributed by atoms with Crippen LogP contribution in [-0.4, -0.2) is 7.05 Å². The summed E-state index contributed by atoms with van der Waals surface area (Å²) in [7, 11) is 1.66. The number of hydrogen-bond donors (Lipinski definition) is 2. The molecule has 0 atom stereocenters. The van der Waals surface area contributed by atoms with Crippen molar-refractivity contribution in [1.29, 1.82) is 0 Å². The third-order valence-electron chi connectivity index (χ3n) is 1.53. The van der Waals surface area contributed by atoms with Gasteiger partial charge in [0, 0.05) is 18.2 Å². The zero-order valence-corrected chi connectivity index (χ0v) is 6.70. The van der Waals surface area contributed by atoms with E-state index in [-0.39, 0.29) is 11.3 Å². The number of nitrogens with two attached hydrogens (primary N) is 1. The monoisotopic (exact) mass is 172 g/mol. The van der Waals surface area contributed by atoms with Gasteiger partial charge < -0.3 is 11.1 Å². The second kappa shape index (κ2) is 3.49. The highest BCUT2D eigenvalue weighted by molar-refractivity contribution is 5.42. The van der Waals surface area contributed by atoms with Gasteiger partial charge in [-0.25, -0.2) is 8.78 Å². The maximum atomic E-state index is 12.9. The van der Waals surface area contributed by atoms with E-state index in [2.05, 4.69) is 5.32 Å². The van der Waals surface area contributed by atoms with E-state index in [1.165, 1.54) is 0 Å². The summed E-state index contributed by atoms with van der Waals surface area (Å²) in [4.78, 5) is 0. The van der Waals surface area contributed by atoms with Crippen molar-refractivity contribution in [2.45, 2.75) is 6.54 Å². The van der Waals surface area contributed by atoms with Crippen LogP contribution in [0.25, 0.3) is 0 Å². The first-order chi connectivity index (χ1) is 5.65. The number of halogens is 2. The largest absolute Gasteiger partial charge is 0.396 e. The Balaban J connectivity index is 3.05. The molecule has 0 spiro atoms. The molecule has 2 nitrogen and oxygen atoms in total. The van der Waals surface area contributed by atoms with E-state index < -0.39 is 11.6 Å². The van der Waals surface area contributed by atoms with E-state index in [4.69, 9.17) is 5.73 Å². The van der Waals surface area contributed by atoms with Crippen molar-refractivity contribution in [3.8, 4) is 0 Å². The van der Waals surface area contributed by atoms with Crippen molar-refractivity contribution < 1.29 is 8.78 Å². The molecule has 0 fully saturated rings. The van der Waals surface area contributed by atoms with Gasteiger partial charge in [0.1, 0.15) is 11.6 Å². The minimum atomic E-state index is -0.582. The normalized spacial score (nSPS) is 10.2. The van der Waals surface area contributed by atoms with Crippen LogP contribution in [0.2, 0.25) is 0 Å². The number of nitrogens with one attached hydrogen (secondary N) is 1. The van der Waals surface area contributed by atoms with Gasteiger partial charge >= 0.3 is 0 Å². The van der Waals surface area contributed by atoms with Crippen molar-refractivity contribution in [2.24, 2.45) is 0 Å². The van der Waals surface area contributed by atoms with Crippen molar-refractivity contribution in [2.75, 3.05) is 12.8 Å². The molecule has 0 aliphatic rings. The molecule has 0 saturated carbocycles. The molecule has 0 aromatic heterocycles. The van der Waals surface area contributed by atoms with Crippen molar-refractivity contribution in [1.82, 2.24) is 5.32 Å². The topological polar surface area (TPSA) is 38.0 Å². The molecule has 0 amide bonds. The number of anilines is 1. The lowest BCUT2D eigenvalue weighted by molar-refractivity contribution is 0.581. The van der Waals surface area contributed by atoms with Crippen LogP contribution in [0.5, 0.6) is 0 Å². The van der Waals surface area contributed by atoms with Crippen molar-refractivity contribution >= 4 is 5.69 Å². The molecule has 0 bridgehead atoms. The summed E-state index contributed by atoms with van der Waals surface area (Å²) in [5, 5.41) is 2.72. The quantitative estimate of drug-likeness (QED) is 0.659. The first-order valence-corrected chi connectivity index (χ1v) is 3.53. The SMILES string of the molecule is CNCc1cc(F)c(N)cc1F. The lowest BCUT2D eigenvalue weighted by Crippen LogP contribution is -2.08. The van der Waals surface area contributed by atoms with Crippen LogP contribution < -0.4 is 11.1 Å². The van der Waals surface area contributed by atoms with Crippen LogP contribution in [0.3, 0.4) is 0 Å². The Labute approximate surface area is 69.4 Å². The molecule has 0 aliphatic heterocycles. The molecule has 0 saturated heterocycles. The molecule has 0 unspecified atom stereocenters. The Hall–Kier alpha value is -1.16. The maximum absolute atomic E-state index is 12.9. The average molecular weight is 172 g/mol. The molecule has 0 heterocycles. The zero-order valence-electron chi connectivity index (χ0n) is 6.70. The van der Waals surface area contributed by atoms with Crippen molar-refractivity contribution in [3.63, 3.8) is 0 Å². The highest BCUT2D eigenvalue weighted by atomic mass is 19.1. The van der Waals surface area contributed by atoms with Crippen LogP contribution >= 0.6 is 0 Å². The fourth-order valence-corrected chi connectivity index (χ4v) is 0.929. The summed E-state index contributed by atoms with van der Waals surface area (Å²) in [6.07, 6.45) is 0. The Morgan fingerprint density at radius 3 is 2.58 bits per heavy atom. The van der Waals surface area contributed by atoms with Crippen LogP contribution in [0.4, 0.5) is 14.5 Å². The van der Waals surface area contributed by atoms with Gasteiger partial charge in [-0.2, -0.15) is 0 Å². The van der Waals surface area contributed by atoms with Gasteiger partial charge in [-0.1, -0.05) is 0 Å². The Morgan fingerprint density at radius 2 is 2.00 bits per heavy atom. The molecule has 1 aromatic carbocycles. The summed E-state index contributed by atoms with van der Waals surface area (Å²) in [5.41, 5.74) is 5.27. The first-order valence-electron chi connectivity index (χ1n) is 3.53. The predicted molar refractivity (Wildman–Crippen MR) is 43.5 cm³/mol. The van der Waals surface area contributed by atoms with E-state index >= 15 is 0 Å². The number of nitrogen functional groups attached to an aromatic ring is 1. The van der Waals surface area contributed by atoms with Gasteiger partial charge in [0.2, 0.25) is 0 Å². The number of rotatable bonds is 2. The molecular weight excluding hydrogens is 162 g/mol. The van der Waals surface area contributed by atoms with E-state index in [0.717, 1.165) is 12.1 Å². The highest BCUT2D eigenvalue weighted by Crippen LogP contribution is 2.15. The molecule has 4 heteroatoms. The van der Waals surface area contributed by atoms with Gasteiger partial charge in [0.05, 0.1) is 5.69 Å². The molecule has 1 aromatic rings. The molecular formula is C8H10F2N2. The van der Waals surface area contributed by atoms with E-state index in [1.807, 2.05) is 0 Å². The molecule has 0 radical (unpaired) electrons. The highest BCUT2D eigenvalue weighted by Gasteiger charge is 2.06. The van der Waals surface area contributed by atoms with Gasteiger partial charge in [-0.3, -0.25) is 0 Å². The van der Waals surface area contributed by atoms with Gasteiger partial charge in [0.25, 0.3) is 0 Å². The summed E-state index contributed by atoms with van der Waals surface area (Å²) in [6.45, 7) is 0.295. The fourth-order valence-electron chi connectivity index (χ4n) is 0.929. The first kappa shape index (κ1) is 8.93. The Bertz CT molecular complexity index is 287. The second-order valence-corrected chi connectivity index (χ2v) is 2.50. The summed E-state index contributed by atoms with van der Waals surface area (Å²) >= 11 is 0. The standard InChI is InChI=1S/C8H10F2N2/c1-12-4-5-2-7(10)8(11)3-6(5)9/h2-3,12H,4,11H2,1H3. The summed E-state index contributed by atoms with van der Waals surface area (Å²) in [6, 6.07) is 2.09. The minimum Gasteiger partial charge on any atom is -0.396 e. The predicted octanol–water partition coefficient (Wildman–Crippen LogP) is 1.27. The van der Waals surface area contributed by atoms with Crippen LogP contribution in [0.15, 0.2) is 12.1 Å². The third-order valence-corrected chi connectivity index (χ3v) is 1.53. The second-order valence-electron chi connectivity index (χ2n) is 2.50. The van der Waals surface area contributed by atoms with Crippen molar-refractivity contribution in [3.05, 3.63) is 29.3 Å². The third kappa shape index (κ3) is 1.71. The van der Waals surface area contributed by atoms with Gasteiger partial charge in [-0.05, 0) is 13.1 Å². The van der Waals surface area contributed by atoms with Crippen LogP contribution in [0.1, 0.15) is 5.56 Å². The number of hydrogen-bond acceptors (Lipinski definition) is 2. The summed E-state index contributed by atoms with van der Waals surface area (Å²) < 4.78 is 25.7.